The number of halogens is 1. The Bertz CT molecular complexity index is 458. The fourth-order valence-electron chi connectivity index (χ4n) is 1.35. The van der Waals surface area contributed by atoms with Crippen molar-refractivity contribution in [2.45, 2.75) is 17.9 Å². The average molecular weight is 234 g/mol. The van der Waals surface area contributed by atoms with E-state index in [1.165, 1.54) is 12.3 Å². The van der Waals surface area contributed by atoms with Crippen molar-refractivity contribution in [3.8, 4) is 0 Å². The molecular weight excluding hydrogens is 226 g/mol. The number of ether oxygens (including phenoxy) is 1. The highest BCUT2D eigenvalue weighted by molar-refractivity contribution is 8.13. The van der Waals surface area contributed by atoms with Gasteiger partial charge in [-0.05, 0) is 6.07 Å². The van der Waals surface area contributed by atoms with Gasteiger partial charge in [0.25, 0.3) is 9.05 Å². The standard InChI is InChI=1S/C8H8ClNO3S/c9-14(11,12)7-3-6-5-13-2-1-8(6)10-4-7/h3-4H,1-2,5H2. The fraction of sp³-hybridized carbons (Fsp3) is 0.375. The molecule has 0 fully saturated rings. The quantitative estimate of drug-likeness (QED) is 0.682. The first-order valence-corrected chi connectivity index (χ1v) is 6.38. The van der Waals surface area contributed by atoms with Gasteiger partial charge in [0.1, 0.15) is 4.90 Å². The maximum Gasteiger partial charge on any atom is 0.262 e. The van der Waals surface area contributed by atoms with Crippen LogP contribution in [0.15, 0.2) is 17.2 Å². The van der Waals surface area contributed by atoms with Gasteiger partial charge in [-0.3, -0.25) is 4.98 Å². The zero-order valence-corrected chi connectivity index (χ0v) is 8.81. The molecule has 0 saturated heterocycles. The lowest BCUT2D eigenvalue weighted by Crippen LogP contribution is -2.12. The first-order valence-electron chi connectivity index (χ1n) is 4.07. The molecule has 1 aromatic rings. The number of nitrogens with zero attached hydrogens (tertiary/aromatic N) is 1. The van der Waals surface area contributed by atoms with Crippen molar-refractivity contribution in [3.05, 3.63) is 23.5 Å². The number of pyridine rings is 1. The van der Waals surface area contributed by atoms with E-state index in [2.05, 4.69) is 4.98 Å². The lowest BCUT2D eigenvalue weighted by molar-refractivity contribution is 0.109. The first-order chi connectivity index (χ1) is 6.57. The van der Waals surface area contributed by atoms with Gasteiger partial charge in [0.2, 0.25) is 0 Å². The topological polar surface area (TPSA) is 56.3 Å². The van der Waals surface area contributed by atoms with Crippen LogP contribution in [-0.2, 0) is 26.8 Å². The molecule has 1 aliphatic rings. The zero-order valence-electron chi connectivity index (χ0n) is 7.23. The van der Waals surface area contributed by atoms with Crippen LogP contribution in [0.1, 0.15) is 11.3 Å². The molecule has 4 nitrogen and oxygen atoms in total. The molecule has 0 atom stereocenters. The molecule has 76 valence electrons. The molecule has 0 unspecified atom stereocenters. The van der Waals surface area contributed by atoms with Crippen LogP contribution in [-0.4, -0.2) is 20.0 Å². The zero-order chi connectivity index (χ0) is 10.2. The Balaban J connectivity index is 2.49. The van der Waals surface area contributed by atoms with E-state index in [0.717, 1.165) is 17.7 Å². The van der Waals surface area contributed by atoms with E-state index in [9.17, 15) is 8.42 Å². The number of rotatable bonds is 1. The molecule has 1 aromatic heterocycles. The highest BCUT2D eigenvalue weighted by Crippen LogP contribution is 2.20. The third kappa shape index (κ3) is 1.89. The highest BCUT2D eigenvalue weighted by Gasteiger charge is 2.16. The molecule has 0 spiro atoms. The Hall–Kier alpha value is -0.650. The lowest BCUT2D eigenvalue weighted by Gasteiger charge is -2.15. The largest absolute Gasteiger partial charge is 0.376 e. The second kappa shape index (κ2) is 3.49. The summed E-state index contributed by atoms with van der Waals surface area (Å²) in [7, 11) is 1.51. The molecular formula is C8H8ClNO3S. The number of aromatic nitrogens is 1. The molecule has 2 rings (SSSR count). The maximum atomic E-state index is 11.0. The fourth-order valence-corrected chi connectivity index (χ4v) is 2.07. The lowest BCUT2D eigenvalue weighted by atomic mass is 10.1. The van der Waals surface area contributed by atoms with Crippen LogP contribution in [0.25, 0.3) is 0 Å². The molecule has 6 heteroatoms. The number of fused-ring (bicyclic) bond motifs is 1. The Morgan fingerprint density at radius 3 is 3.00 bits per heavy atom. The van der Waals surface area contributed by atoms with Crippen LogP contribution in [0.4, 0.5) is 0 Å². The smallest absolute Gasteiger partial charge is 0.262 e. The molecule has 0 bridgehead atoms. The van der Waals surface area contributed by atoms with Gasteiger partial charge in [0.05, 0.1) is 13.2 Å². The summed E-state index contributed by atoms with van der Waals surface area (Å²) in [6, 6.07) is 1.52. The van der Waals surface area contributed by atoms with Gasteiger partial charge in [0.15, 0.2) is 0 Å². The first kappa shape index (κ1) is 9.89. The predicted octanol–water partition coefficient (Wildman–Crippen LogP) is 1.08. The van der Waals surface area contributed by atoms with Crippen LogP contribution < -0.4 is 0 Å². The van der Waals surface area contributed by atoms with E-state index >= 15 is 0 Å². The number of hydrogen-bond donors (Lipinski definition) is 0. The Labute approximate surface area is 86.3 Å². The van der Waals surface area contributed by atoms with Crippen LogP contribution in [0.2, 0.25) is 0 Å². The van der Waals surface area contributed by atoms with E-state index in [1.807, 2.05) is 0 Å². The second-order valence-electron chi connectivity index (χ2n) is 3.02. The molecule has 0 aromatic carbocycles. The normalized spacial score (nSPS) is 16.4. The van der Waals surface area contributed by atoms with E-state index in [0.29, 0.717) is 13.2 Å². The van der Waals surface area contributed by atoms with Crippen molar-refractivity contribution < 1.29 is 13.2 Å². The highest BCUT2D eigenvalue weighted by atomic mass is 35.7. The summed E-state index contributed by atoms with van der Waals surface area (Å²) < 4.78 is 27.2. The van der Waals surface area contributed by atoms with Gasteiger partial charge >= 0.3 is 0 Å². The van der Waals surface area contributed by atoms with Crippen LogP contribution in [0, 0.1) is 0 Å². The van der Waals surface area contributed by atoms with Crippen molar-refractivity contribution in [2.24, 2.45) is 0 Å². The van der Waals surface area contributed by atoms with Gasteiger partial charge < -0.3 is 4.74 Å². The van der Waals surface area contributed by atoms with Gasteiger partial charge in [0, 0.05) is 34.6 Å². The molecule has 2 heterocycles. The molecule has 0 N–H and O–H groups in total. The van der Waals surface area contributed by atoms with Crippen molar-refractivity contribution in [2.75, 3.05) is 6.61 Å². The minimum atomic E-state index is -3.68. The van der Waals surface area contributed by atoms with Gasteiger partial charge in [-0.15, -0.1) is 0 Å². The van der Waals surface area contributed by atoms with Gasteiger partial charge in [-0.25, -0.2) is 8.42 Å². The van der Waals surface area contributed by atoms with Gasteiger partial charge in [-0.2, -0.15) is 0 Å². The maximum absolute atomic E-state index is 11.0. The summed E-state index contributed by atoms with van der Waals surface area (Å²) in [5, 5.41) is 0. The molecule has 14 heavy (non-hydrogen) atoms. The Morgan fingerprint density at radius 1 is 1.50 bits per heavy atom. The molecule has 0 saturated carbocycles. The molecule has 1 aliphatic heterocycles. The molecule has 0 aliphatic carbocycles. The van der Waals surface area contributed by atoms with Crippen LogP contribution >= 0.6 is 10.7 Å². The van der Waals surface area contributed by atoms with Gasteiger partial charge in [-0.1, -0.05) is 0 Å². The molecule has 0 amide bonds. The van der Waals surface area contributed by atoms with Crippen molar-refractivity contribution in [3.63, 3.8) is 0 Å². The van der Waals surface area contributed by atoms with E-state index in [-0.39, 0.29) is 4.90 Å². The van der Waals surface area contributed by atoms with E-state index in [1.54, 1.807) is 0 Å². The Morgan fingerprint density at radius 2 is 2.29 bits per heavy atom. The monoisotopic (exact) mass is 233 g/mol. The summed E-state index contributed by atoms with van der Waals surface area (Å²) in [4.78, 5) is 4.07. The summed E-state index contributed by atoms with van der Waals surface area (Å²) in [5.41, 5.74) is 1.69. The Kier molecular flexibility index (Phi) is 2.47. The van der Waals surface area contributed by atoms with E-state index in [4.69, 9.17) is 15.4 Å². The van der Waals surface area contributed by atoms with Crippen molar-refractivity contribution in [1.82, 2.24) is 4.98 Å². The number of hydrogen-bond acceptors (Lipinski definition) is 4. The summed E-state index contributed by atoms with van der Waals surface area (Å²) >= 11 is 0. The average Bonchev–Trinajstić information content (AvgIpc) is 2.16. The summed E-state index contributed by atoms with van der Waals surface area (Å²) in [6.07, 6.45) is 2.00. The third-order valence-corrected chi connectivity index (χ3v) is 3.38. The van der Waals surface area contributed by atoms with Crippen LogP contribution in [0.5, 0.6) is 0 Å². The van der Waals surface area contributed by atoms with Crippen LogP contribution in [0.3, 0.4) is 0 Å². The van der Waals surface area contributed by atoms with Crippen molar-refractivity contribution in [1.29, 1.82) is 0 Å². The summed E-state index contributed by atoms with van der Waals surface area (Å²) in [5.74, 6) is 0. The molecule has 0 radical (unpaired) electrons. The minimum Gasteiger partial charge on any atom is -0.376 e. The minimum absolute atomic E-state index is 0.0309. The SMILES string of the molecule is O=S(=O)(Cl)c1cnc2c(c1)COCC2. The van der Waals surface area contributed by atoms with Crippen molar-refractivity contribution >= 4 is 19.7 Å². The summed E-state index contributed by atoms with van der Waals surface area (Å²) in [6.45, 7) is 1.04. The predicted molar refractivity (Wildman–Crippen MR) is 50.6 cm³/mol. The van der Waals surface area contributed by atoms with E-state index < -0.39 is 9.05 Å². The third-order valence-electron chi connectivity index (χ3n) is 2.06. The second-order valence-corrected chi connectivity index (χ2v) is 5.58.